The number of hydrogen-bond acceptors (Lipinski definition) is 2. The second-order valence-electron chi connectivity index (χ2n) is 3.98. The van der Waals surface area contributed by atoms with Gasteiger partial charge < -0.3 is 0 Å². The van der Waals surface area contributed by atoms with Crippen molar-refractivity contribution in [2.75, 3.05) is 0 Å². The normalized spacial score (nSPS) is 11.7. The van der Waals surface area contributed by atoms with Crippen molar-refractivity contribution in [3.8, 4) is 0 Å². The van der Waals surface area contributed by atoms with Crippen LogP contribution >= 0.6 is 0 Å². The Morgan fingerprint density at radius 2 is 2.00 bits per heavy atom. The molecule has 3 nitrogen and oxygen atoms in total. The fourth-order valence-electron chi connectivity index (χ4n) is 1.48. The van der Waals surface area contributed by atoms with Gasteiger partial charge in [0.1, 0.15) is 5.69 Å². The number of nitrogens with one attached hydrogen (secondary N) is 1. The van der Waals surface area contributed by atoms with E-state index in [1.807, 2.05) is 6.92 Å². The van der Waals surface area contributed by atoms with Gasteiger partial charge in [0.15, 0.2) is 6.29 Å². The third-order valence-corrected chi connectivity index (χ3v) is 1.84. The van der Waals surface area contributed by atoms with Crippen molar-refractivity contribution in [3.63, 3.8) is 0 Å². The van der Waals surface area contributed by atoms with Crippen LogP contribution in [0.5, 0.6) is 0 Å². The van der Waals surface area contributed by atoms with E-state index >= 15 is 0 Å². The van der Waals surface area contributed by atoms with E-state index in [1.165, 1.54) is 0 Å². The van der Waals surface area contributed by atoms with Crippen molar-refractivity contribution in [1.29, 1.82) is 0 Å². The van der Waals surface area contributed by atoms with Gasteiger partial charge in [-0.3, -0.25) is 9.89 Å². The SMILES string of the molecule is Cc1[nH]nc(C=O)c1C(C)(C)C. The predicted molar refractivity (Wildman–Crippen MR) is 47.4 cm³/mol. The van der Waals surface area contributed by atoms with Gasteiger partial charge in [0.2, 0.25) is 0 Å². The van der Waals surface area contributed by atoms with Gasteiger partial charge >= 0.3 is 0 Å². The second-order valence-corrected chi connectivity index (χ2v) is 3.98. The lowest BCUT2D eigenvalue weighted by atomic mass is 9.85. The zero-order valence-electron chi connectivity index (χ0n) is 7.93. The summed E-state index contributed by atoms with van der Waals surface area (Å²) in [4.78, 5) is 10.6. The molecule has 0 fully saturated rings. The summed E-state index contributed by atoms with van der Waals surface area (Å²) in [7, 11) is 0. The quantitative estimate of drug-likeness (QED) is 0.647. The lowest BCUT2D eigenvalue weighted by Gasteiger charge is -2.18. The van der Waals surface area contributed by atoms with Crippen molar-refractivity contribution in [3.05, 3.63) is 17.0 Å². The maximum Gasteiger partial charge on any atom is 0.170 e. The number of nitrogens with zero attached hydrogens (tertiary/aromatic N) is 1. The largest absolute Gasteiger partial charge is 0.296 e. The Morgan fingerprint density at radius 3 is 2.33 bits per heavy atom. The molecule has 0 bridgehead atoms. The Balaban J connectivity index is 3.28. The Bertz CT molecular complexity index is 294. The monoisotopic (exact) mass is 166 g/mol. The second kappa shape index (κ2) is 2.73. The van der Waals surface area contributed by atoms with E-state index in [4.69, 9.17) is 0 Å². The molecule has 0 aliphatic rings. The van der Waals surface area contributed by atoms with Gasteiger partial charge in [0.05, 0.1) is 0 Å². The lowest BCUT2D eigenvalue weighted by Crippen LogP contribution is -2.14. The molecule has 1 heterocycles. The van der Waals surface area contributed by atoms with Crippen LogP contribution in [-0.2, 0) is 5.41 Å². The van der Waals surface area contributed by atoms with E-state index in [-0.39, 0.29) is 5.41 Å². The zero-order chi connectivity index (χ0) is 9.35. The first-order valence-corrected chi connectivity index (χ1v) is 3.97. The van der Waals surface area contributed by atoms with Gasteiger partial charge in [-0.15, -0.1) is 0 Å². The smallest absolute Gasteiger partial charge is 0.170 e. The minimum Gasteiger partial charge on any atom is -0.296 e. The van der Waals surface area contributed by atoms with Crippen molar-refractivity contribution in [2.45, 2.75) is 33.1 Å². The summed E-state index contributed by atoms with van der Waals surface area (Å²) in [6.07, 6.45) is 0.796. The number of carbonyl (C=O) groups excluding carboxylic acids is 1. The maximum atomic E-state index is 10.6. The summed E-state index contributed by atoms with van der Waals surface area (Å²) in [6, 6.07) is 0. The van der Waals surface area contributed by atoms with Gasteiger partial charge in [-0.1, -0.05) is 20.8 Å². The van der Waals surface area contributed by atoms with Gasteiger partial charge in [-0.2, -0.15) is 5.10 Å². The molecule has 66 valence electrons. The van der Waals surface area contributed by atoms with Gasteiger partial charge in [-0.05, 0) is 12.3 Å². The number of H-pyrrole nitrogens is 1. The molecule has 1 aromatic rings. The molecule has 0 spiro atoms. The molecule has 0 aliphatic carbocycles. The molecule has 0 radical (unpaired) electrons. The highest BCUT2D eigenvalue weighted by atomic mass is 16.1. The highest BCUT2D eigenvalue weighted by Gasteiger charge is 2.22. The minimum atomic E-state index is -0.0205. The van der Waals surface area contributed by atoms with E-state index < -0.39 is 0 Å². The molecule has 0 saturated carbocycles. The Morgan fingerprint density at radius 1 is 1.42 bits per heavy atom. The van der Waals surface area contributed by atoms with Crippen molar-refractivity contribution >= 4 is 6.29 Å². The molecule has 0 saturated heterocycles. The van der Waals surface area contributed by atoms with Crippen molar-refractivity contribution < 1.29 is 4.79 Å². The number of aromatic nitrogens is 2. The first-order chi connectivity index (χ1) is 5.46. The fraction of sp³-hybridized carbons (Fsp3) is 0.556. The first kappa shape index (κ1) is 8.97. The van der Waals surface area contributed by atoms with Crippen LogP contribution in [0.4, 0.5) is 0 Å². The van der Waals surface area contributed by atoms with Crippen LogP contribution < -0.4 is 0 Å². The summed E-state index contributed by atoms with van der Waals surface area (Å²) in [5.74, 6) is 0. The summed E-state index contributed by atoms with van der Waals surface area (Å²) in [5.41, 5.74) is 2.50. The topological polar surface area (TPSA) is 45.8 Å². The van der Waals surface area contributed by atoms with Crippen molar-refractivity contribution in [2.24, 2.45) is 0 Å². The van der Waals surface area contributed by atoms with E-state index in [9.17, 15) is 4.79 Å². The standard InChI is InChI=1S/C9H14N2O/c1-6-8(9(2,3)4)7(5-12)11-10-6/h5H,1-4H3,(H,10,11). The number of hydrogen-bond donors (Lipinski definition) is 1. The molecule has 1 rings (SSSR count). The number of aldehydes is 1. The predicted octanol–water partition coefficient (Wildman–Crippen LogP) is 1.83. The number of aryl methyl sites for hydroxylation is 1. The molecule has 12 heavy (non-hydrogen) atoms. The Labute approximate surface area is 72.2 Å². The van der Waals surface area contributed by atoms with Crippen LogP contribution in [0.25, 0.3) is 0 Å². The van der Waals surface area contributed by atoms with E-state index in [1.54, 1.807) is 0 Å². The van der Waals surface area contributed by atoms with Crippen LogP contribution in [0.2, 0.25) is 0 Å². The summed E-state index contributed by atoms with van der Waals surface area (Å²) >= 11 is 0. The fourth-order valence-corrected chi connectivity index (χ4v) is 1.48. The van der Waals surface area contributed by atoms with Crippen LogP contribution in [0.15, 0.2) is 0 Å². The number of aromatic amines is 1. The molecular weight excluding hydrogens is 152 g/mol. The van der Waals surface area contributed by atoms with E-state index in [0.29, 0.717) is 5.69 Å². The highest BCUT2D eigenvalue weighted by molar-refractivity contribution is 5.75. The minimum absolute atomic E-state index is 0.0205. The molecule has 0 aliphatic heterocycles. The van der Waals surface area contributed by atoms with E-state index in [2.05, 4.69) is 31.0 Å². The average Bonchev–Trinajstić information content (AvgIpc) is 2.29. The molecular formula is C9H14N2O. The number of rotatable bonds is 1. The highest BCUT2D eigenvalue weighted by Crippen LogP contribution is 2.26. The summed E-state index contributed by atoms with van der Waals surface area (Å²) in [5, 5.41) is 6.72. The molecule has 1 aromatic heterocycles. The van der Waals surface area contributed by atoms with Crippen LogP contribution in [-0.4, -0.2) is 16.5 Å². The van der Waals surface area contributed by atoms with Crippen LogP contribution in [0.3, 0.4) is 0 Å². The zero-order valence-corrected chi connectivity index (χ0v) is 7.93. The molecule has 0 atom stereocenters. The molecule has 3 heteroatoms. The molecule has 0 aromatic carbocycles. The molecule has 0 unspecified atom stereocenters. The average molecular weight is 166 g/mol. The Kier molecular flexibility index (Phi) is 2.04. The number of carbonyl (C=O) groups is 1. The molecule has 1 N–H and O–H groups in total. The van der Waals surface area contributed by atoms with Gasteiger partial charge in [0, 0.05) is 11.3 Å². The summed E-state index contributed by atoms with van der Waals surface area (Å²) < 4.78 is 0. The van der Waals surface area contributed by atoms with Gasteiger partial charge in [0.25, 0.3) is 0 Å². The summed E-state index contributed by atoms with van der Waals surface area (Å²) in [6.45, 7) is 8.13. The maximum absolute atomic E-state index is 10.6. The van der Waals surface area contributed by atoms with Crippen LogP contribution in [0, 0.1) is 6.92 Å². The van der Waals surface area contributed by atoms with Crippen molar-refractivity contribution in [1.82, 2.24) is 10.2 Å². The molecule has 0 amide bonds. The van der Waals surface area contributed by atoms with Crippen LogP contribution in [0.1, 0.15) is 42.5 Å². The lowest BCUT2D eigenvalue weighted by molar-refractivity contribution is 0.111. The van der Waals surface area contributed by atoms with E-state index in [0.717, 1.165) is 17.5 Å². The third-order valence-electron chi connectivity index (χ3n) is 1.84. The Hall–Kier alpha value is -1.12. The third kappa shape index (κ3) is 1.40. The van der Waals surface area contributed by atoms with Gasteiger partial charge in [-0.25, -0.2) is 0 Å². The first-order valence-electron chi connectivity index (χ1n) is 3.97.